The molecule has 0 aliphatic carbocycles. The van der Waals surface area contributed by atoms with E-state index in [4.69, 9.17) is 14.2 Å². The van der Waals surface area contributed by atoms with Gasteiger partial charge in [-0.1, -0.05) is 28.1 Å². The van der Waals surface area contributed by atoms with Crippen molar-refractivity contribution in [1.82, 2.24) is 0 Å². The summed E-state index contributed by atoms with van der Waals surface area (Å²) in [5, 5.41) is 1.43. The molecule has 0 radical (unpaired) electrons. The van der Waals surface area contributed by atoms with Gasteiger partial charge < -0.3 is 14.2 Å². The van der Waals surface area contributed by atoms with Gasteiger partial charge in [-0.2, -0.15) is 0 Å². The third-order valence-corrected chi connectivity index (χ3v) is 4.70. The predicted octanol–water partition coefficient (Wildman–Crippen LogP) is 5.38. The van der Waals surface area contributed by atoms with Crippen molar-refractivity contribution in [3.63, 3.8) is 0 Å². The summed E-state index contributed by atoms with van der Waals surface area (Å²) in [4.78, 5) is 24.2. The summed E-state index contributed by atoms with van der Waals surface area (Å²) in [7, 11) is 1.32. The Hall–Kier alpha value is -2.86. The largest absolute Gasteiger partial charge is 0.494 e. The number of ether oxygens (including phenoxy) is 3. The first-order valence-corrected chi connectivity index (χ1v) is 9.50. The number of fused-ring (bicyclic) bond motifs is 1. The van der Waals surface area contributed by atoms with Crippen molar-refractivity contribution >= 4 is 38.6 Å². The molecule has 3 rings (SSSR count). The first kappa shape index (κ1) is 19.9. The first-order valence-electron chi connectivity index (χ1n) is 8.70. The van der Waals surface area contributed by atoms with Crippen LogP contribution in [0.2, 0.25) is 0 Å². The number of hydrogen-bond donors (Lipinski definition) is 0. The van der Waals surface area contributed by atoms with E-state index in [1.165, 1.54) is 14.0 Å². The van der Waals surface area contributed by atoms with E-state index in [1.54, 1.807) is 6.07 Å². The molecule has 0 atom stereocenters. The molecule has 3 aromatic carbocycles. The summed E-state index contributed by atoms with van der Waals surface area (Å²) in [6, 6.07) is 14.6. The molecule has 0 amide bonds. The van der Waals surface area contributed by atoms with E-state index in [-0.39, 0.29) is 0 Å². The van der Waals surface area contributed by atoms with Crippen LogP contribution in [0.3, 0.4) is 0 Å². The summed E-state index contributed by atoms with van der Waals surface area (Å²) >= 11 is 3.43. The number of carbonyl (C=O) groups excluding carboxylic acids is 2. The van der Waals surface area contributed by atoms with E-state index in [0.717, 1.165) is 15.4 Å². The van der Waals surface area contributed by atoms with Gasteiger partial charge in [0.1, 0.15) is 11.5 Å². The molecule has 0 N–H and O–H groups in total. The van der Waals surface area contributed by atoms with E-state index in [2.05, 4.69) is 15.9 Å². The zero-order chi connectivity index (χ0) is 20.3. The Labute approximate surface area is 171 Å². The Morgan fingerprint density at radius 3 is 2.32 bits per heavy atom. The van der Waals surface area contributed by atoms with Crippen molar-refractivity contribution in [2.75, 3.05) is 13.7 Å². The molecule has 28 heavy (non-hydrogen) atoms. The smallest absolute Gasteiger partial charge is 0.338 e. The highest BCUT2D eigenvalue weighted by atomic mass is 79.9. The Bertz CT molecular complexity index is 1040. The van der Waals surface area contributed by atoms with Crippen LogP contribution in [0.25, 0.3) is 21.9 Å². The zero-order valence-corrected chi connectivity index (χ0v) is 17.3. The highest BCUT2D eigenvalue weighted by Gasteiger charge is 2.21. The summed E-state index contributed by atoms with van der Waals surface area (Å²) in [5.74, 6) is -0.0339. The van der Waals surface area contributed by atoms with E-state index < -0.39 is 11.9 Å². The van der Waals surface area contributed by atoms with Crippen LogP contribution in [0.15, 0.2) is 53.0 Å². The van der Waals surface area contributed by atoms with Gasteiger partial charge in [0, 0.05) is 22.3 Å². The summed E-state index contributed by atoms with van der Waals surface area (Å²) in [6.45, 7) is 3.72. The summed E-state index contributed by atoms with van der Waals surface area (Å²) < 4.78 is 16.9. The number of esters is 2. The van der Waals surface area contributed by atoms with Crippen LogP contribution in [0.1, 0.15) is 24.2 Å². The molecule has 0 saturated heterocycles. The first-order chi connectivity index (χ1) is 13.4. The van der Waals surface area contributed by atoms with Crippen molar-refractivity contribution in [2.24, 2.45) is 0 Å². The number of rotatable bonds is 5. The lowest BCUT2D eigenvalue weighted by Crippen LogP contribution is -2.08. The third kappa shape index (κ3) is 4.02. The van der Waals surface area contributed by atoms with Gasteiger partial charge in [-0.15, -0.1) is 0 Å². The van der Waals surface area contributed by atoms with Crippen LogP contribution in [-0.4, -0.2) is 25.7 Å². The molecule has 6 heteroatoms. The molecular weight excluding hydrogens is 424 g/mol. The number of methoxy groups -OCH3 is 1. The second-order valence-electron chi connectivity index (χ2n) is 6.03. The minimum atomic E-state index is -0.518. The number of halogens is 1. The fraction of sp³-hybridized carbons (Fsp3) is 0.182. The molecule has 0 aliphatic heterocycles. The van der Waals surface area contributed by atoms with Gasteiger partial charge >= 0.3 is 11.9 Å². The van der Waals surface area contributed by atoms with Gasteiger partial charge in [-0.3, -0.25) is 4.79 Å². The maximum Gasteiger partial charge on any atom is 0.338 e. The van der Waals surface area contributed by atoms with Crippen molar-refractivity contribution in [2.45, 2.75) is 13.8 Å². The molecule has 0 aliphatic rings. The average molecular weight is 443 g/mol. The SMILES string of the molecule is CCOc1ccc2c(OC(C)=O)cc(C(=O)OC)c(-c3ccc(Br)cc3)c2c1. The van der Waals surface area contributed by atoms with Gasteiger partial charge in [0.25, 0.3) is 0 Å². The summed E-state index contributed by atoms with van der Waals surface area (Å²) in [6.07, 6.45) is 0. The van der Waals surface area contributed by atoms with Crippen LogP contribution in [0, 0.1) is 0 Å². The van der Waals surface area contributed by atoms with E-state index in [9.17, 15) is 9.59 Å². The number of benzene rings is 3. The zero-order valence-electron chi connectivity index (χ0n) is 15.7. The molecular formula is C22H19BrO5. The maximum absolute atomic E-state index is 12.6. The Morgan fingerprint density at radius 1 is 1.00 bits per heavy atom. The average Bonchev–Trinajstić information content (AvgIpc) is 2.67. The Balaban J connectivity index is 2.41. The molecule has 0 aromatic heterocycles. The van der Waals surface area contributed by atoms with Gasteiger partial charge in [0.2, 0.25) is 0 Å². The molecule has 0 spiro atoms. The standard InChI is InChI=1S/C22H19BrO5/c1-4-27-16-9-10-17-18(11-16)21(14-5-7-15(23)8-6-14)19(22(25)26-3)12-20(17)28-13(2)24/h5-12H,4H2,1-3H3. The lowest BCUT2D eigenvalue weighted by Gasteiger charge is -2.16. The molecule has 144 valence electrons. The van der Waals surface area contributed by atoms with Crippen molar-refractivity contribution in [3.05, 3.63) is 58.6 Å². The molecule has 0 fully saturated rings. The monoisotopic (exact) mass is 442 g/mol. The lowest BCUT2D eigenvalue weighted by atomic mass is 9.92. The quantitative estimate of drug-likeness (QED) is 0.392. The number of hydrogen-bond acceptors (Lipinski definition) is 5. The van der Waals surface area contributed by atoms with Crippen molar-refractivity contribution in [1.29, 1.82) is 0 Å². The van der Waals surface area contributed by atoms with Gasteiger partial charge in [-0.05, 0) is 54.3 Å². The maximum atomic E-state index is 12.6. The minimum Gasteiger partial charge on any atom is -0.494 e. The molecule has 0 heterocycles. The molecule has 0 unspecified atom stereocenters. The molecule has 0 bridgehead atoms. The third-order valence-electron chi connectivity index (χ3n) is 4.17. The Kier molecular flexibility index (Phi) is 5.99. The molecule has 3 aromatic rings. The van der Waals surface area contributed by atoms with Crippen LogP contribution in [0.5, 0.6) is 11.5 Å². The van der Waals surface area contributed by atoms with E-state index in [0.29, 0.717) is 34.6 Å². The fourth-order valence-electron chi connectivity index (χ4n) is 3.07. The van der Waals surface area contributed by atoms with Crippen LogP contribution >= 0.6 is 15.9 Å². The second-order valence-corrected chi connectivity index (χ2v) is 6.95. The normalized spacial score (nSPS) is 10.6. The van der Waals surface area contributed by atoms with Crippen LogP contribution < -0.4 is 9.47 Å². The van der Waals surface area contributed by atoms with E-state index >= 15 is 0 Å². The highest BCUT2D eigenvalue weighted by Crippen LogP contribution is 2.40. The van der Waals surface area contributed by atoms with Crippen LogP contribution in [0.4, 0.5) is 0 Å². The highest BCUT2D eigenvalue weighted by molar-refractivity contribution is 9.10. The minimum absolute atomic E-state index is 0.298. The van der Waals surface area contributed by atoms with Gasteiger partial charge in [-0.25, -0.2) is 4.79 Å². The topological polar surface area (TPSA) is 61.8 Å². The van der Waals surface area contributed by atoms with Crippen LogP contribution in [-0.2, 0) is 9.53 Å². The summed E-state index contributed by atoms with van der Waals surface area (Å²) in [5.41, 5.74) is 1.82. The van der Waals surface area contributed by atoms with E-state index in [1.807, 2.05) is 49.4 Å². The fourth-order valence-corrected chi connectivity index (χ4v) is 3.33. The van der Waals surface area contributed by atoms with Gasteiger partial charge in [0.05, 0.1) is 19.3 Å². The van der Waals surface area contributed by atoms with Gasteiger partial charge in [0.15, 0.2) is 0 Å². The van der Waals surface area contributed by atoms with Crippen molar-refractivity contribution in [3.8, 4) is 22.6 Å². The predicted molar refractivity (Wildman–Crippen MR) is 111 cm³/mol. The lowest BCUT2D eigenvalue weighted by molar-refractivity contribution is -0.131. The second kappa shape index (κ2) is 8.44. The Morgan fingerprint density at radius 2 is 1.71 bits per heavy atom. The molecule has 5 nitrogen and oxygen atoms in total. The number of carbonyl (C=O) groups is 2. The molecule has 0 saturated carbocycles. The van der Waals surface area contributed by atoms with Crippen molar-refractivity contribution < 1.29 is 23.8 Å².